The number of aromatic nitrogens is 2. The first kappa shape index (κ1) is 19.2. The molecule has 5 nitrogen and oxygen atoms in total. The fraction of sp³-hybridized carbons (Fsp3) is 0.500. The van der Waals surface area contributed by atoms with Gasteiger partial charge in [-0.05, 0) is 31.2 Å². The fourth-order valence-electron chi connectivity index (χ4n) is 4.41. The van der Waals surface area contributed by atoms with E-state index in [2.05, 4.69) is 26.9 Å². The van der Waals surface area contributed by atoms with Crippen LogP contribution in [0.2, 0.25) is 0 Å². The van der Waals surface area contributed by atoms with E-state index in [-0.39, 0.29) is 5.82 Å². The molecule has 1 fully saturated rings. The van der Waals surface area contributed by atoms with Crippen LogP contribution in [0.1, 0.15) is 36.8 Å². The van der Waals surface area contributed by atoms with Gasteiger partial charge in [-0.25, -0.2) is 9.37 Å². The molecule has 4 rings (SSSR count). The fourth-order valence-corrected chi connectivity index (χ4v) is 4.41. The zero-order valence-electron chi connectivity index (χ0n) is 16.5. The minimum atomic E-state index is -0.947. The number of allylic oxidation sites excluding steroid dienone is 2. The van der Waals surface area contributed by atoms with Crippen molar-refractivity contribution in [3.8, 4) is 0 Å². The Morgan fingerprint density at radius 3 is 2.71 bits per heavy atom. The topological polar surface area (TPSA) is 44.5 Å². The number of nitrogens with zero attached hydrogens (tertiary/aromatic N) is 4. The Kier molecular flexibility index (Phi) is 5.78. The van der Waals surface area contributed by atoms with Gasteiger partial charge in [0.1, 0.15) is 17.7 Å². The molecular formula is C22H29FN4O. The first-order valence-electron chi connectivity index (χ1n) is 10.2. The molecule has 1 aliphatic carbocycles. The van der Waals surface area contributed by atoms with E-state index in [0.29, 0.717) is 17.1 Å². The second-order valence-electron chi connectivity index (χ2n) is 7.91. The van der Waals surface area contributed by atoms with Gasteiger partial charge in [0.25, 0.3) is 0 Å². The number of anilines is 1. The molecule has 1 saturated heterocycles. The van der Waals surface area contributed by atoms with Gasteiger partial charge in [-0.15, -0.1) is 0 Å². The average molecular weight is 384 g/mol. The van der Waals surface area contributed by atoms with Crippen molar-refractivity contribution in [2.24, 2.45) is 13.0 Å². The van der Waals surface area contributed by atoms with Crippen LogP contribution in [0.5, 0.6) is 0 Å². The van der Waals surface area contributed by atoms with Gasteiger partial charge < -0.3 is 14.6 Å². The number of benzene rings is 1. The second-order valence-corrected chi connectivity index (χ2v) is 7.91. The molecule has 2 atom stereocenters. The summed E-state index contributed by atoms with van der Waals surface area (Å²) in [5.74, 6) is 0.985. The molecule has 0 radical (unpaired) electrons. The third kappa shape index (κ3) is 3.98. The van der Waals surface area contributed by atoms with Crippen LogP contribution >= 0.6 is 0 Å². The third-order valence-corrected chi connectivity index (χ3v) is 6.00. The van der Waals surface area contributed by atoms with Gasteiger partial charge in [0.15, 0.2) is 0 Å². The molecule has 1 aromatic heterocycles. The van der Waals surface area contributed by atoms with Gasteiger partial charge in [0, 0.05) is 57.7 Å². The van der Waals surface area contributed by atoms with Crippen LogP contribution in [-0.4, -0.2) is 52.3 Å². The standard InChI is InChI=1S/C22H29FN4O/c1-25-11-10-24-22(25)21(28)18-8-5-9-19(23)20(18)27-14-12-26(13-15-27)16-17-6-3-2-4-7-17/h2-3,5,8-11,17,21,28H,4,6-7,12-16H2,1H3/t17-,21-/m0/s1. The molecule has 0 saturated carbocycles. The zero-order valence-corrected chi connectivity index (χ0v) is 16.5. The van der Waals surface area contributed by atoms with E-state index >= 15 is 0 Å². The Labute approximate surface area is 166 Å². The first-order valence-corrected chi connectivity index (χ1v) is 10.2. The summed E-state index contributed by atoms with van der Waals surface area (Å²) in [7, 11) is 1.84. The normalized spacial score (nSPS) is 21.8. The monoisotopic (exact) mass is 384 g/mol. The number of hydrogen-bond donors (Lipinski definition) is 1. The number of aliphatic hydroxyl groups excluding tert-OH is 1. The summed E-state index contributed by atoms with van der Waals surface area (Å²) < 4.78 is 16.6. The molecule has 0 amide bonds. The lowest BCUT2D eigenvalue weighted by atomic mass is 9.93. The molecule has 150 valence electrons. The van der Waals surface area contributed by atoms with E-state index in [1.165, 1.54) is 25.3 Å². The summed E-state index contributed by atoms with van der Waals surface area (Å²) in [6.45, 7) is 4.50. The molecule has 0 spiro atoms. The Morgan fingerprint density at radius 1 is 1.21 bits per heavy atom. The van der Waals surface area contributed by atoms with Crippen molar-refractivity contribution in [2.45, 2.75) is 25.4 Å². The molecule has 2 aliphatic rings. The first-order chi connectivity index (χ1) is 13.6. The Bertz CT molecular complexity index is 826. The minimum Gasteiger partial charge on any atom is -0.380 e. The minimum absolute atomic E-state index is 0.281. The summed E-state index contributed by atoms with van der Waals surface area (Å²) in [6.07, 6.45) is 10.7. The van der Waals surface area contributed by atoms with Crippen molar-refractivity contribution < 1.29 is 9.50 Å². The largest absolute Gasteiger partial charge is 0.380 e. The van der Waals surface area contributed by atoms with Crippen molar-refractivity contribution in [3.63, 3.8) is 0 Å². The molecular weight excluding hydrogens is 355 g/mol. The highest BCUT2D eigenvalue weighted by Gasteiger charge is 2.27. The molecule has 0 bridgehead atoms. The van der Waals surface area contributed by atoms with Gasteiger partial charge in [-0.3, -0.25) is 4.90 Å². The quantitative estimate of drug-likeness (QED) is 0.805. The number of aliphatic hydroxyl groups is 1. The number of piperazine rings is 1. The lowest BCUT2D eigenvalue weighted by Gasteiger charge is -2.39. The van der Waals surface area contributed by atoms with E-state index in [4.69, 9.17) is 0 Å². The number of para-hydroxylation sites is 1. The van der Waals surface area contributed by atoms with E-state index in [1.807, 2.05) is 7.05 Å². The number of halogens is 1. The summed E-state index contributed by atoms with van der Waals surface area (Å²) in [4.78, 5) is 8.82. The SMILES string of the molecule is Cn1ccnc1[C@@H](O)c1cccc(F)c1N1CCN(C[C@H]2CC=CCC2)CC1. The Balaban J connectivity index is 1.47. The van der Waals surface area contributed by atoms with Crippen molar-refractivity contribution in [2.75, 3.05) is 37.6 Å². The molecule has 6 heteroatoms. The number of hydrogen-bond acceptors (Lipinski definition) is 4. The molecule has 1 aliphatic heterocycles. The highest BCUT2D eigenvalue weighted by Crippen LogP contribution is 2.33. The lowest BCUT2D eigenvalue weighted by Crippen LogP contribution is -2.48. The highest BCUT2D eigenvalue weighted by molar-refractivity contribution is 5.57. The van der Waals surface area contributed by atoms with Gasteiger partial charge in [0.2, 0.25) is 0 Å². The third-order valence-electron chi connectivity index (χ3n) is 6.00. The smallest absolute Gasteiger partial charge is 0.146 e. The van der Waals surface area contributed by atoms with Gasteiger partial charge >= 0.3 is 0 Å². The molecule has 0 unspecified atom stereocenters. The molecule has 1 N–H and O–H groups in total. The predicted molar refractivity (Wildman–Crippen MR) is 109 cm³/mol. The van der Waals surface area contributed by atoms with Crippen molar-refractivity contribution in [1.82, 2.24) is 14.5 Å². The zero-order chi connectivity index (χ0) is 19.5. The number of aryl methyl sites for hydroxylation is 1. The van der Waals surface area contributed by atoms with Gasteiger partial charge in [-0.1, -0.05) is 24.3 Å². The van der Waals surface area contributed by atoms with Gasteiger partial charge in [-0.2, -0.15) is 0 Å². The number of imidazole rings is 1. The molecule has 28 heavy (non-hydrogen) atoms. The summed E-state index contributed by atoms with van der Waals surface area (Å²) in [5.41, 5.74) is 1.10. The highest BCUT2D eigenvalue weighted by atomic mass is 19.1. The summed E-state index contributed by atoms with van der Waals surface area (Å²) in [5, 5.41) is 10.9. The molecule has 1 aromatic carbocycles. The predicted octanol–water partition coefficient (Wildman–Crippen LogP) is 3.12. The van der Waals surface area contributed by atoms with Crippen LogP contribution < -0.4 is 4.90 Å². The number of rotatable bonds is 5. The maximum absolute atomic E-state index is 14.8. The van der Waals surface area contributed by atoms with Crippen LogP contribution in [0.15, 0.2) is 42.7 Å². The van der Waals surface area contributed by atoms with Crippen LogP contribution in [0, 0.1) is 11.7 Å². The average Bonchev–Trinajstić information content (AvgIpc) is 3.15. The molecule has 2 heterocycles. The van der Waals surface area contributed by atoms with E-state index in [1.54, 1.807) is 29.1 Å². The van der Waals surface area contributed by atoms with Gasteiger partial charge in [0.05, 0.1) is 5.69 Å². The van der Waals surface area contributed by atoms with Crippen LogP contribution in [0.4, 0.5) is 10.1 Å². The maximum atomic E-state index is 14.8. The van der Waals surface area contributed by atoms with Crippen molar-refractivity contribution in [3.05, 3.63) is 59.9 Å². The summed E-state index contributed by atoms with van der Waals surface area (Å²) in [6, 6.07) is 4.94. The lowest BCUT2D eigenvalue weighted by molar-refractivity contribution is 0.201. The van der Waals surface area contributed by atoms with Crippen molar-refractivity contribution in [1.29, 1.82) is 0 Å². The summed E-state index contributed by atoms with van der Waals surface area (Å²) >= 11 is 0. The molecule has 2 aromatic rings. The second kappa shape index (κ2) is 8.45. The Hall–Kier alpha value is -2.18. The van der Waals surface area contributed by atoms with Crippen LogP contribution in [-0.2, 0) is 7.05 Å². The van der Waals surface area contributed by atoms with E-state index in [9.17, 15) is 9.50 Å². The van der Waals surface area contributed by atoms with Crippen molar-refractivity contribution >= 4 is 5.69 Å². The maximum Gasteiger partial charge on any atom is 0.146 e. The van der Waals surface area contributed by atoms with E-state index < -0.39 is 6.10 Å². The Morgan fingerprint density at radius 2 is 2.04 bits per heavy atom. The van der Waals surface area contributed by atoms with E-state index in [0.717, 1.165) is 38.6 Å². The van der Waals surface area contributed by atoms with Crippen LogP contribution in [0.25, 0.3) is 0 Å². The van der Waals surface area contributed by atoms with Crippen LogP contribution in [0.3, 0.4) is 0 Å².